The second kappa shape index (κ2) is 7.01. The second-order valence-electron chi connectivity index (χ2n) is 6.15. The van der Waals surface area contributed by atoms with Gasteiger partial charge >= 0.3 is 12.0 Å². The highest BCUT2D eigenvalue weighted by Crippen LogP contribution is 2.38. The van der Waals surface area contributed by atoms with Gasteiger partial charge in [-0.1, -0.05) is 24.8 Å². The minimum absolute atomic E-state index is 0.169. The summed E-state index contributed by atoms with van der Waals surface area (Å²) in [5, 5.41) is 2.94. The number of methoxy groups -OCH3 is 1. The van der Waals surface area contributed by atoms with Crippen LogP contribution in [0.1, 0.15) is 31.4 Å². The van der Waals surface area contributed by atoms with Gasteiger partial charge in [0, 0.05) is 11.7 Å². The van der Waals surface area contributed by atoms with Gasteiger partial charge in [0.2, 0.25) is 0 Å². The second-order valence-corrected chi connectivity index (χ2v) is 6.15. The van der Waals surface area contributed by atoms with Crippen molar-refractivity contribution in [3.05, 3.63) is 53.8 Å². The van der Waals surface area contributed by atoms with E-state index in [4.69, 9.17) is 9.47 Å². The van der Waals surface area contributed by atoms with E-state index in [0.29, 0.717) is 23.6 Å². The number of ether oxygens (including phenoxy) is 2. The van der Waals surface area contributed by atoms with E-state index in [-0.39, 0.29) is 12.1 Å². The van der Waals surface area contributed by atoms with Crippen molar-refractivity contribution in [2.24, 2.45) is 0 Å². The maximum absolute atomic E-state index is 12.6. The van der Waals surface area contributed by atoms with Gasteiger partial charge in [0.15, 0.2) is 0 Å². The van der Waals surface area contributed by atoms with E-state index in [0.717, 1.165) is 18.4 Å². The van der Waals surface area contributed by atoms with E-state index in [1.165, 1.54) is 7.11 Å². The number of carbonyl (C=O) groups excluding carboxylic acids is 2. The summed E-state index contributed by atoms with van der Waals surface area (Å²) in [7, 11) is 1.35. The van der Waals surface area contributed by atoms with Gasteiger partial charge in [0.25, 0.3) is 0 Å². The lowest BCUT2D eigenvalue weighted by atomic mass is 9.94. The summed E-state index contributed by atoms with van der Waals surface area (Å²) in [6.07, 6.45) is 3.57. The molecule has 6 nitrogen and oxygen atoms in total. The van der Waals surface area contributed by atoms with Crippen LogP contribution < -0.4 is 10.1 Å². The molecule has 0 radical (unpaired) electrons. The summed E-state index contributed by atoms with van der Waals surface area (Å²) in [6.45, 7) is 5.81. The van der Waals surface area contributed by atoms with Crippen molar-refractivity contribution in [2.75, 3.05) is 13.7 Å². The molecular formula is C19H22N2O4. The number of hydrogen-bond acceptors (Lipinski definition) is 4. The van der Waals surface area contributed by atoms with Crippen LogP contribution in [0.15, 0.2) is 48.2 Å². The third-order valence-corrected chi connectivity index (χ3v) is 4.40. The molecule has 3 rings (SSSR count). The summed E-state index contributed by atoms with van der Waals surface area (Å²) < 4.78 is 10.5. The summed E-state index contributed by atoms with van der Waals surface area (Å²) in [6, 6.07) is 6.74. The number of urea groups is 1. The Balaban J connectivity index is 2.00. The maximum Gasteiger partial charge on any atom is 0.337 e. The molecule has 2 aliphatic rings. The number of allylic oxidation sites excluding steroid dienone is 1. The molecule has 6 heteroatoms. The topological polar surface area (TPSA) is 67.9 Å². The Labute approximate surface area is 147 Å². The molecule has 1 saturated carbocycles. The highest BCUT2D eigenvalue weighted by atomic mass is 16.5. The average molecular weight is 342 g/mol. The van der Waals surface area contributed by atoms with Crippen LogP contribution in [0.2, 0.25) is 0 Å². The monoisotopic (exact) mass is 342 g/mol. The Morgan fingerprint density at radius 2 is 2.20 bits per heavy atom. The van der Waals surface area contributed by atoms with Crippen LogP contribution in [0.3, 0.4) is 0 Å². The van der Waals surface area contributed by atoms with Gasteiger partial charge in [-0.15, -0.1) is 0 Å². The third kappa shape index (κ3) is 3.38. The minimum atomic E-state index is -0.567. The first-order valence-electron chi connectivity index (χ1n) is 8.29. The minimum Gasteiger partial charge on any atom is -0.490 e. The fraction of sp³-hybridized carbons (Fsp3) is 0.368. The zero-order valence-corrected chi connectivity index (χ0v) is 14.5. The summed E-state index contributed by atoms with van der Waals surface area (Å²) >= 11 is 0. The van der Waals surface area contributed by atoms with E-state index in [1.54, 1.807) is 17.9 Å². The zero-order chi connectivity index (χ0) is 18.0. The number of benzene rings is 1. The SMILES string of the molecule is C=CCOc1cccc([C@@H]2NC(=O)N(C3CC3)C(C)=C2C(=O)OC)c1. The first-order chi connectivity index (χ1) is 12.1. The summed E-state index contributed by atoms with van der Waals surface area (Å²) in [5.74, 6) is 0.212. The van der Waals surface area contributed by atoms with E-state index >= 15 is 0 Å². The fourth-order valence-electron chi connectivity index (χ4n) is 3.09. The molecule has 1 aliphatic carbocycles. The highest BCUT2D eigenvalue weighted by Gasteiger charge is 2.42. The lowest BCUT2D eigenvalue weighted by molar-refractivity contribution is -0.136. The Bertz CT molecular complexity index is 737. The molecule has 1 atom stereocenters. The van der Waals surface area contributed by atoms with E-state index in [2.05, 4.69) is 11.9 Å². The van der Waals surface area contributed by atoms with Gasteiger partial charge in [-0.2, -0.15) is 0 Å². The molecule has 0 spiro atoms. The van der Waals surface area contributed by atoms with Crippen molar-refractivity contribution in [2.45, 2.75) is 31.8 Å². The first-order valence-corrected chi connectivity index (χ1v) is 8.29. The van der Waals surface area contributed by atoms with Crippen LogP contribution >= 0.6 is 0 Å². The van der Waals surface area contributed by atoms with Crippen molar-refractivity contribution < 1.29 is 19.1 Å². The van der Waals surface area contributed by atoms with Crippen molar-refractivity contribution in [3.63, 3.8) is 0 Å². The van der Waals surface area contributed by atoms with Gasteiger partial charge in [0.05, 0.1) is 18.7 Å². The summed E-state index contributed by atoms with van der Waals surface area (Å²) in [4.78, 5) is 26.6. The molecule has 0 unspecified atom stereocenters. The molecule has 0 aromatic heterocycles. The van der Waals surface area contributed by atoms with Crippen LogP contribution in [0.4, 0.5) is 4.79 Å². The first kappa shape index (κ1) is 17.1. The van der Waals surface area contributed by atoms with Gasteiger partial charge in [-0.05, 0) is 37.5 Å². The van der Waals surface area contributed by atoms with Crippen LogP contribution in [0.5, 0.6) is 5.75 Å². The lowest BCUT2D eigenvalue weighted by Crippen LogP contribution is -2.48. The molecular weight excluding hydrogens is 320 g/mol. The molecule has 1 N–H and O–H groups in total. The maximum atomic E-state index is 12.6. The van der Waals surface area contributed by atoms with E-state index < -0.39 is 12.0 Å². The predicted octanol–water partition coefficient (Wildman–Crippen LogP) is 2.93. The van der Waals surface area contributed by atoms with Crippen LogP contribution in [-0.4, -0.2) is 36.7 Å². The Hall–Kier alpha value is -2.76. The number of nitrogens with zero attached hydrogens (tertiary/aromatic N) is 1. The Morgan fingerprint density at radius 3 is 2.84 bits per heavy atom. The largest absolute Gasteiger partial charge is 0.490 e. The number of rotatable bonds is 6. The molecule has 0 bridgehead atoms. The van der Waals surface area contributed by atoms with Crippen LogP contribution in [-0.2, 0) is 9.53 Å². The number of carbonyl (C=O) groups is 2. The fourth-order valence-corrected chi connectivity index (χ4v) is 3.09. The third-order valence-electron chi connectivity index (χ3n) is 4.40. The van der Waals surface area contributed by atoms with Gasteiger partial charge in [-0.3, -0.25) is 4.90 Å². The zero-order valence-electron chi connectivity index (χ0n) is 14.5. The highest BCUT2D eigenvalue weighted by molar-refractivity contribution is 5.95. The number of hydrogen-bond donors (Lipinski definition) is 1. The molecule has 0 saturated heterocycles. The number of amides is 2. The molecule has 1 heterocycles. The van der Waals surface area contributed by atoms with E-state index in [9.17, 15) is 9.59 Å². The van der Waals surface area contributed by atoms with Gasteiger partial charge in [-0.25, -0.2) is 9.59 Å². The van der Waals surface area contributed by atoms with Crippen LogP contribution in [0.25, 0.3) is 0 Å². The Kier molecular flexibility index (Phi) is 4.79. The smallest absolute Gasteiger partial charge is 0.337 e. The number of esters is 1. The predicted molar refractivity (Wildman–Crippen MR) is 93.0 cm³/mol. The molecule has 1 aliphatic heterocycles. The molecule has 1 fully saturated rings. The van der Waals surface area contributed by atoms with E-state index in [1.807, 2.05) is 24.3 Å². The standard InChI is InChI=1S/C19H22N2O4/c1-4-10-25-15-7-5-6-13(11-15)17-16(18(22)24-3)12(2)21(14-8-9-14)19(23)20-17/h4-7,11,14,17H,1,8-10H2,2-3H3,(H,20,23)/t17-/m0/s1. The lowest BCUT2D eigenvalue weighted by Gasteiger charge is -2.35. The normalized spacial score (nSPS) is 20.2. The Morgan fingerprint density at radius 1 is 1.44 bits per heavy atom. The van der Waals surface area contributed by atoms with Crippen LogP contribution in [0, 0.1) is 0 Å². The van der Waals surface area contributed by atoms with Crippen molar-refractivity contribution in [1.82, 2.24) is 10.2 Å². The van der Waals surface area contributed by atoms with Gasteiger partial charge < -0.3 is 14.8 Å². The van der Waals surface area contributed by atoms with Crippen molar-refractivity contribution >= 4 is 12.0 Å². The average Bonchev–Trinajstić information content (AvgIpc) is 3.44. The summed E-state index contributed by atoms with van der Waals surface area (Å²) in [5.41, 5.74) is 1.88. The molecule has 2 amide bonds. The molecule has 1 aromatic rings. The van der Waals surface area contributed by atoms with Gasteiger partial charge in [0.1, 0.15) is 12.4 Å². The number of nitrogens with one attached hydrogen (secondary N) is 1. The van der Waals surface area contributed by atoms with Crippen molar-refractivity contribution in [1.29, 1.82) is 0 Å². The molecule has 25 heavy (non-hydrogen) atoms. The molecule has 1 aromatic carbocycles. The quantitative estimate of drug-likeness (QED) is 0.637. The van der Waals surface area contributed by atoms with Crippen molar-refractivity contribution in [3.8, 4) is 5.75 Å². The molecule has 132 valence electrons.